The average molecular weight is 499 g/mol. The Morgan fingerprint density at radius 2 is 1.52 bits per heavy atom. The number of thioether (sulfide) groups is 1. The third-order valence-electron chi connectivity index (χ3n) is 4.98. The van der Waals surface area contributed by atoms with Gasteiger partial charge in [-0.25, -0.2) is 4.79 Å². The second-order valence-electron chi connectivity index (χ2n) is 7.95. The van der Waals surface area contributed by atoms with Gasteiger partial charge in [0.25, 0.3) is 0 Å². The van der Waals surface area contributed by atoms with E-state index in [0.717, 1.165) is 5.56 Å². The van der Waals surface area contributed by atoms with Gasteiger partial charge in [-0.3, -0.25) is 14.4 Å². The van der Waals surface area contributed by atoms with E-state index in [9.17, 15) is 24.3 Å². The number of nitrogens with two attached hydrogens (primary N) is 1. The van der Waals surface area contributed by atoms with Gasteiger partial charge < -0.3 is 26.8 Å². The van der Waals surface area contributed by atoms with Gasteiger partial charge in [-0.05, 0) is 29.9 Å². The molecule has 0 saturated carbocycles. The van der Waals surface area contributed by atoms with E-state index in [1.165, 1.54) is 11.8 Å². The van der Waals surface area contributed by atoms with E-state index in [1.807, 2.05) is 12.3 Å². The number of hydrogen-bond donors (Lipinski definition) is 6. The van der Waals surface area contributed by atoms with Crippen molar-refractivity contribution in [2.24, 2.45) is 11.7 Å². The molecule has 0 spiro atoms. The van der Waals surface area contributed by atoms with Gasteiger partial charge in [-0.15, -0.1) is 0 Å². The number of carboxylic acid groups (broad SMARTS) is 1. The van der Waals surface area contributed by atoms with Crippen LogP contribution in [0.15, 0.2) is 30.3 Å². The van der Waals surface area contributed by atoms with E-state index in [-0.39, 0.29) is 24.5 Å². The maximum atomic E-state index is 13.0. The van der Waals surface area contributed by atoms with Gasteiger partial charge in [0.05, 0.1) is 6.04 Å². The zero-order valence-electron chi connectivity index (χ0n) is 19.1. The van der Waals surface area contributed by atoms with E-state index in [0.29, 0.717) is 5.75 Å². The summed E-state index contributed by atoms with van der Waals surface area (Å²) in [6, 6.07) is 5.09. The molecular weight excluding hydrogens is 464 g/mol. The van der Waals surface area contributed by atoms with E-state index in [4.69, 9.17) is 5.73 Å². The van der Waals surface area contributed by atoms with Crippen LogP contribution in [0.2, 0.25) is 0 Å². The monoisotopic (exact) mass is 498 g/mol. The molecule has 0 aromatic heterocycles. The molecule has 184 valence electrons. The molecule has 0 saturated heterocycles. The Morgan fingerprint density at radius 1 is 0.970 bits per heavy atom. The number of carbonyl (C=O) groups excluding carboxylic acids is 3. The van der Waals surface area contributed by atoms with E-state index in [1.54, 1.807) is 38.1 Å². The van der Waals surface area contributed by atoms with Gasteiger partial charge >= 0.3 is 5.97 Å². The summed E-state index contributed by atoms with van der Waals surface area (Å²) in [6.07, 6.45) is 2.24. The number of carbonyl (C=O) groups is 4. The number of nitrogens with one attached hydrogen (secondary N) is 3. The zero-order chi connectivity index (χ0) is 25.0. The van der Waals surface area contributed by atoms with Crippen LogP contribution in [0.3, 0.4) is 0 Å². The van der Waals surface area contributed by atoms with Crippen molar-refractivity contribution in [1.82, 2.24) is 16.0 Å². The summed E-state index contributed by atoms with van der Waals surface area (Å²) >= 11 is 5.62. The summed E-state index contributed by atoms with van der Waals surface area (Å²) in [5.74, 6) is -2.45. The van der Waals surface area contributed by atoms with Crippen molar-refractivity contribution in [2.45, 2.75) is 50.9 Å². The first kappa shape index (κ1) is 28.8. The molecule has 33 heavy (non-hydrogen) atoms. The SMILES string of the molecule is CSCCC(NC(=O)C(Cc1ccccc1)NC(=O)C(CS)NC(=O)C(N)C(C)C)C(=O)O. The van der Waals surface area contributed by atoms with Gasteiger partial charge in [0, 0.05) is 12.2 Å². The molecule has 11 heteroatoms. The summed E-state index contributed by atoms with van der Waals surface area (Å²) in [7, 11) is 0. The molecular formula is C22H34N4O5S2. The van der Waals surface area contributed by atoms with Gasteiger partial charge in [0.2, 0.25) is 17.7 Å². The molecule has 0 fully saturated rings. The lowest BCUT2D eigenvalue weighted by Gasteiger charge is -2.25. The van der Waals surface area contributed by atoms with Crippen LogP contribution in [0.25, 0.3) is 0 Å². The lowest BCUT2D eigenvalue weighted by Crippen LogP contribution is -2.58. The third-order valence-corrected chi connectivity index (χ3v) is 5.99. The highest BCUT2D eigenvalue weighted by molar-refractivity contribution is 7.98. The van der Waals surface area contributed by atoms with Gasteiger partial charge in [-0.2, -0.15) is 24.4 Å². The van der Waals surface area contributed by atoms with Crippen molar-refractivity contribution < 1.29 is 24.3 Å². The van der Waals surface area contributed by atoms with Crippen molar-refractivity contribution in [2.75, 3.05) is 17.8 Å². The topological polar surface area (TPSA) is 151 Å². The average Bonchev–Trinajstić information content (AvgIpc) is 2.79. The van der Waals surface area contributed by atoms with Crippen molar-refractivity contribution >= 4 is 48.1 Å². The molecule has 1 aromatic rings. The quantitative estimate of drug-likeness (QED) is 0.204. The number of hydrogen-bond acceptors (Lipinski definition) is 7. The lowest BCUT2D eigenvalue weighted by molar-refractivity contribution is -0.142. The van der Waals surface area contributed by atoms with E-state index < -0.39 is 47.9 Å². The summed E-state index contributed by atoms with van der Waals surface area (Å²) in [4.78, 5) is 49.7. The van der Waals surface area contributed by atoms with Crippen LogP contribution in [0.1, 0.15) is 25.8 Å². The van der Waals surface area contributed by atoms with Crippen LogP contribution in [0, 0.1) is 5.92 Å². The van der Waals surface area contributed by atoms with Gasteiger partial charge in [-0.1, -0.05) is 44.2 Å². The Morgan fingerprint density at radius 3 is 2.03 bits per heavy atom. The Kier molecular flexibility index (Phi) is 12.9. The van der Waals surface area contributed by atoms with Crippen LogP contribution in [0.4, 0.5) is 0 Å². The molecule has 0 aliphatic rings. The maximum absolute atomic E-state index is 13.0. The predicted octanol–water partition coefficient (Wildman–Crippen LogP) is 0.434. The fourth-order valence-corrected chi connectivity index (χ4v) is 3.59. The lowest BCUT2D eigenvalue weighted by atomic mass is 10.0. The number of amides is 3. The first-order chi connectivity index (χ1) is 15.6. The fourth-order valence-electron chi connectivity index (χ4n) is 2.86. The minimum Gasteiger partial charge on any atom is -0.480 e. The highest BCUT2D eigenvalue weighted by atomic mass is 32.2. The number of aliphatic carboxylic acids is 1. The number of benzene rings is 1. The Hall–Kier alpha value is -2.24. The molecule has 6 N–H and O–H groups in total. The first-order valence-corrected chi connectivity index (χ1v) is 12.7. The molecule has 9 nitrogen and oxygen atoms in total. The number of carboxylic acids is 1. The predicted molar refractivity (Wildman–Crippen MR) is 133 cm³/mol. The molecule has 0 bridgehead atoms. The molecule has 3 amide bonds. The molecule has 1 rings (SSSR count). The number of rotatable bonds is 14. The van der Waals surface area contributed by atoms with Crippen molar-refractivity contribution in [3.63, 3.8) is 0 Å². The second kappa shape index (κ2) is 14.8. The minimum absolute atomic E-state index is 0.00641. The largest absolute Gasteiger partial charge is 0.480 e. The molecule has 1 aromatic carbocycles. The molecule has 0 aliphatic heterocycles. The van der Waals surface area contributed by atoms with E-state index in [2.05, 4.69) is 28.6 Å². The van der Waals surface area contributed by atoms with Crippen LogP contribution in [0.5, 0.6) is 0 Å². The third kappa shape index (κ3) is 10.1. The Balaban J connectivity index is 3.00. The number of thiol groups is 1. The van der Waals surface area contributed by atoms with Crippen molar-refractivity contribution in [3.05, 3.63) is 35.9 Å². The van der Waals surface area contributed by atoms with Crippen LogP contribution < -0.4 is 21.7 Å². The summed E-state index contributed by atoms with van der Waals surface area (Å²) in [6.45, 7) is 3.58. The summed E-state index contributed by atoms with van der Waals surface area (Å²) in [5.41, 5.74) is 6.63. The van der Waals surface area contributed by atoms with Gasteiger partial charge in [0.1, 0.15) is 18.1 Å². The fraction of sp³-hybridized carbons (Fsp3) is 0.545. The van der Waals surface area contributed by atoms with Crippen LogP contribution in [-0.2, 0) is 25.6 Å². The molecule has 4 atom stereocenters. The summed E-state index contributed by atoms with van der Waals surface area (Å²) < 4.78 is 0. The summed E-state index contributed by atoms with van der Waals surface area (Å²) in [5, 5.41) is 17.2. The molecule has 0 aliphatic carbocycles. The molecule has 0 heterocycles. The maximum Gasteiger partial charge on any atom is 0.326 e. The first-order valence-electron chi connectivity index (χ1n) is 10.6. The van der Waals surface area contributed by atoms with E-state index >= 15 is 0 Å². The molecule has 0 radical (unpaired) electrons. The highest BCUT2D eigenvalue weighted by Gasteiger charge is 2.30. The Bertz CT molecular complexity index is 794. The normalized spacial score (nSPS) is 14.6. The van der Waals surface area contributed by atoms with Crippen LogP contribution in [-0.4, -0.2) is 70.7 Å². The second-order valence-corrected chi connectivity index (χ2v) is 9.30. The molecule has 4 unspecified atom stereocenters. The van der Waals surface area contributed by atoms with Crippen molar-refractivity contribution in [1.29, 1.82) is 0 Å². The minimum atomic E-state index is -1.15. The van der Waals surface area contributed by atoms with Crippen LogP contribution >= 0.6 is 24.4 Å². The zero-order valence-corrected chi connectivity index (χ0v) is 20.8. The Labute approximate surface area is 204 Å². The smallest absolute Gasteiger partial charge is 0.326 e. The standard InChI is InChI=1S/C22H34N4O5S2/c1-13(2)18(23)21(29)26-17(12-32)20(28)25-16(11-14-7-5-4-6-8-14)19(27)24-15(22(30)31)9-10-33-3/h4-8,13,15-18,32H,9-12,23H2,1-3H3,(H,24,27)(H,25,28)(H,26,29)(H,30,31). The van der Waals surface area contributed by atoms with Gasteiger partial charge in [0.15, 0.2) is 0 Å². The highest BCUT2D eigenvalue weighted by Crippen LogP contribution is 2.07. The van der Waals surface area contributed by atoms with Crippen molar-refractivity contribution in [3.8, 4) is 0 Å².